The van der Waals surface area contributed by atoms with Crippen molar-refractivity contribution in [2.24, 2.45) is 5.92 Å². The Hall–Kier alpha value is -0.540. The van der Waals surface area contributed by atoms with Gasteiger partial charge in [0.1, 0.15) is 0 Å². The second kappa shape index (κ2) is 6.95. The first kappa shape index (κ1) is 15.8. The molecule has 1 saturated carbocycles. The second-order valence-corrected chi connectivity index (χ2v) is 7.24. The van der Waals surface area contributed by atoms with Gasteiger partial charge < -0.3 is 10.2 Å². The Bertz CT molecular complexity index is 441. The molecule has 1 aromatic rings. The van der Waals surface area contributed by atoms with Crippen LogP contribution in [0.1, 0.15) is 51.6 Å². The Morgan fingerprint density at radius 1 is 1.30 bits per heavy atom. The van der Waals surface area contributed by atoms with Gasteiger partial charge in [-0.05, 0) is 56.8 Å². The third kappa shape index (κ3) is 3.98. The summed E-state index contributed by atoms with van der Waals surface area (Å²) >= 11 is 3.64. The summed E-state index contributed by atoms with van der Waals surface area (Å²) in [5, 5.41) is 3.38. The van der Waals surface area contributed by atoms with Gasteiger partial charge in [-0.2, -0.15) is 0 Å². The van der Waals surface area contributed by atoms with Crippen LogP contribution in [0.4, 0.5) is 5.69 Å². The average molecular weight is 339 g/mol. The van der Waals surface area contributed by atoms with E-state index in [4.69, 9.17) is 0 Å². The van der Waals surface area contributed by atoms with E-state index in [9.17, 15) is 0 Å². The summed E-state index contributed by atoms with van der Waals surface area (Å²) in [4.78, 5) is 2.63. The summed E-state index contributed by atoms with van der Waals surface area (Å²) in [5.41, 5.74) is 2.82. The number of nitrogens with zero attached hydrogens (tertiary/aromatic N) is 1. The van der Waals surface area contributed by atoms with Crippen LogP contribution in [0.15, 0.2) is 22.7 Å². The molecule has 0 heterocycles. The monoisotopic (exact) mass is 338 g/mol. The quantitative estimate of drug-likeness (QED) is 0.772. The summed E-state index contributed by atoms with van der Waals surface area (Å²) in [6.07, 6.45) is 3.95. The highest BCUT2D eigenvalue weighted by Gasteiger charge is 2.30. The van der Waals surface area contributed by atoms with Gasteiger partial charge >= 0.3 is 0 Å². The molecule has 1 aliphatic carbocycles. The minimum atomic E-state index is 0.387. The molecule has 3 heteroatoms. The standard InChI is InChI=1S/C17H27BrN2/c1-12(2)9-10-20(15-6-7-15)17-11-14(18)5-8-16(17)13(3)19-4/h5,8,11-13,15,19H,6-7,9-10H2,1-4H3. The van der Waals surface area contributed by atoms with E-state index in [1.54, 1.807) is 0 Å². The fourth-order valence-corrected chi connectivity index (χ4v) is 2.92. The molecular weight excluding hydrogens is 312 g/mol. The minimum Gasteiger partial charge on any atom is -0.368 e. The second-order valence-electron chi connectivity index (χ2n) is 6.32. The van der Waals surface area contributed by atoms with Crippen LogP contribution in [0, 0.1) is 5.92 Å². The molecular formula is C17H27BrN2. The maximum atomic E-state index is 3.64. The minimum absolute atomic E-state index is 0.387. The van der Waals surface area contributed by atoms with Crippen LogP contribution in [-0.4, -0.2) is 19.6 Å². The zero-order chi connectivity index (χ0) is 14.7. The van der Waals surface area contributed by atoms with Gasteiger partial charge in [0.2, 0.25) is 0 Å². The molecule has 112 valence electrons. The van der Waals surface area contributed by atoms with Crippen molar-refractivity contribution in [1.82, 2.24) is 5.32 Å². The Morgan fingerprint density at radius 3 is 2.55 bits per heavy atom. The van der Waals surface area contributed by atoms with Crippen LogP contribution in [0.3, 0.4) is 0 Å². The van der Waals surface area contributed by atoms with E-state index >= 15 is 0 Å². The van der Waals surface area contributed by atoms with Gasteiger partial charge in [0.15, 0.2) is 0 Å². The number of hydrogen-bond donors (Lipinski definition) is 1. The van der Waals surface area contributed by atoms with Gasteiger partial charge in [0.25, 0.3) is 0 Å². The Kier molecular flexibility index (Phi) is 5.50. The fourth-order valence-electron chi connectivity index (χ4n) is 2.57. The molecule has 0 amide bonds. The molecule has 0 spiro atoms. The molecule has 1 aromatic carbocycles. The highest BCUT2D eigenvalue weighted by Crippen LogP contribution is 2.37. The van der Waals surface area contributed by atoms with E-state index in [1.165, 1.54) is 41.5 Å². The molecule has 1 atom stereocenters. The molecule has 2 nitrogen and oxygen atoms in total. The zero-order valence-corrected chi connectivity index (χ0v) is 14.7. The van der Waals surface area contributed by atoms with Crippen molar-refractivity contribution in [2.45, 2.75) is 52.1 Å². The summed E-state index contributed by atoms with van der Waals surface area (Å²) in [6, 6.07) is 7.84. The van der Waals surface area contributed by atoms with Crippen molar-refractivity contribution in [2.75, 3.05) is 18.5 Å². The van der Waals surface area contributed by atoms with Crippen LogP contribution in [0.25, 0.3) is 0 Å². The molecule has 1 unspecified atom stereocenters. The topological polar surface area (TPSA) is 15.3 Å². The number of rotatable bonds is 7. The van der Waals surface area contributed by atoms with Gasteiger partial charge in [-0.3, -0.25) is 0 Å². The SMILES string of the molecule is CNC(C)c1ccc(Br)cc1N(CCC(C)C)C1CC1. The van der Waals surface area contributed by atoms with Crippen molar-refractivity contribution in [3.63, 3.8) is 0 Å². The molecule has 0 aliphatic heterocycles. The number of anilines is 1. The lowest BCUT2D eigenvalue weighted by atomic mass is 10.0. The predicted molar refractivity (Wildman–Crippen MR) is 91.4 cm³/mol. The van der Waals surface area contributed by atoms with Crippen molar-refractivity contribution < 1.29 is 0 Å². The summed E-state index contributed by atoms with van der Waals surface area (Å²) in [6.45, 7) is 8.02. The van der Waals surface area contributed by atoms with Crippen LogP contribution in [0.2, 0.25) is 0 Å². The molecule has 0 saturated heterocycles. The van der Waals surface area contributed by atoms with E-state index in [-0.39, 0.29) is 0 Å². The lowest BCUT2D eigenvalue weighted by Crippen LogP contribution is -2.30. The third-order valence-corrected chi connectivity index (χ3v) is 4.63. The number of halogens is 1. The highest BCUT2D eigenvalue weighted by atomic mass is 79.9. The van der Waals surface area contributed by atoms with Gasteiger partial charge in [-0.1, -0.05) is 35.8 Å². The maximum Gasteiger partial charge on any atom is 0.0428 e. The van der Waals surface area contributed by atoms with E-state index < -0.39 is 0 Å². The van der Waals surface area contributed by atoms with Crippen molar-refractivity contribution in [3.8, 4) is 0 Å². The van der Waals surface area contributed by atoms with E-state index in [0.717, 1.165) is 12.0 Å². The fraction of sp³-hybridized carbons (Fsp3) is 0.647. The van der Waals surface area contributed by atoms with Crippen molar-refractivity contribution in [1.29, 1.82) is 0 Å². The highest BCUT2D eigenvalue weighted by molar-refractivity contribution is 9.10. The van der Waals surface area contributed by atoms with Gasteiger partial charge in [-0.25, -0.2) is 0 Å². The molecule has 1 aliphatic rings. The Balaban J connectivity index is 2.28. The van der Waals surface area contributed by atoms with Crippen LogP contribution < -0.4 is 10.2 Å². The molecule has 1 N–H and O–H groups in total. The maximum absolute atomic E-state index is 3.64. The molecule has 2 rings (SSSR count). The predicted octanol–water partition coefficient (Wildman–Crippen LogP) is 4.74. The smallest absolute Gasteiger partial charge is 0.0428 e. The Morgan fingerprint density at radius 2 is 2.00 bits per heavy atom. The summed E-state index contributed by atoms with van der Waals surface area (Å²) in [7, 11) is 2.03. The van der Waals surface area contributed by atoms with Crippen LogP contribution >= 0.6 is 15.9 Å². The van der Waals surface area contributed by atoms with Gasteiger partial charge in [-0.15, -0.1) is 0 Å². The van der Waals surface area contributed by atoms with Crippen LogP contribution in [-0.2, 0) is 0 Å². The van der Waals surface area contributed by atoms with E-state index in [1.807, 2.05) is 7.05 Å². The lowest BCUT2D eigenvalue weighted by molar-refractivity contribution is 0.567. The molecule has 20 heavy (non-hydrogen) atoms. The first-order chi connectivity index (χ1) is 9.52. The van der Waals surface area contributed by atoms with Crippen molar-refractivity contribution in [3.05, 3.63) is 28.2 Å². The first-order valence-electron chi connectivity index (χ1n) is 7.76. The van der Waals surface area contributed by atoms with E-state index in [0.29, 0.717) is 6.04 Å². The van der Waals surface area contributed by atoms with E-state index in [2.05, 4.69) is 65.1 Å². The molecule has 1 fully saturated rings. The zero-order valence-electron chi connectivity index (χ0n) is 13.1. The largest absolute Gasteiger partial charge is 0.368 e. The van der Waals surface area contributed by atoms with Crippen molar-refractivity contribution >= 4 is 21.6 Å². The first-order valence-corrected chi connectivity index (χ1v) is 8.55. The van der Waals surface area contributed by atoms with Gasteiger partial charge in [0.05, 0.1) is 0 Å². The molecule has 0 aromatic heterocycles. The summed E-state index contributed by atoms with van der Waals surface area (Å²) < 4.78 is 1.18. The summed E-state index contributed by atoms with van der Waals surface area (Å²) in [5.74, 6) is 0.758. The van der Waals surface area contributed by atoms with Gasteiger partial charge in [0, 0.05) is 28.8 Å². The number of hydrogen-bond acceptors (Lipinski definition) is 2. The normalized spacial score (nSPS) is 16.5. The molecule has 0 radical (unpaired) electrons. The number of benzene rings is 1. The third-order valence-electron chi connectivity index (χ3n) is 4.14. The lowest BCUT2D eigenvalue weighted by Gasteiger charge is -2.30. The average Bonchev–Trinajstić information content (AvgIpc) is 3.22. The Labute approximate surface area is 132 Å². The molecule has 0 bridgehead atoms. The van der Waals surface area contributed by atoms with Crippen LogP contribution in [0.5, 0.6) is 0 Å². The number of nitrogens with one attached hydrogen (secondary N) is 1.